The van der Waals surface area contributed by atoms with E-state index in [2.05, 4.69) is 5.10 Å². The van der Waals surface area contributed by atoms with Gasteiger partial charge >= 0.3 is 11.9 Å². The van der Waals surface area contributed by atoms with Gasteiger partial charge in [-0.15, -0.1) is 0 Å². The molecule has 14 heteroatoms. The van der Waals surface area contributed by atoms with Gasteiger partial charge in [0.1, 0.15) is 24.9 Å². The summed E-state index contributed by atoms with van der Waals surface area (Å²) in [6.07, 6.45) is -3.96. The molecule has 0 aliphatic heterocycles. The molecule has 0 fully saturated rings. The minimum absolute atomic E-state index is 0.0184. The lowest BCUT2D eigenvalue weighted by Gasteiger charge is -2.37. The minimum Gasteiger partial charge on any atom is -0.479 e. The maximum Gasteiger partial charge on any atom is 0.343 e. The second-order valence-corrected chi connectivity index (χ2v) is 8.32. The van der Waals surface area contributed by atoms with Crippen LogP contribution in [0, 0.1) is 5.41 Å². The molecule has 34 heavy (non-hydrogen) atoms. The van der Waals surface area contributed by atoms with Crippen LogP contribution in [0.3, 0.4) is 0 Å². The Balaban J connectivity index is 3.94. The topological polar surface area (TPSA) is 253 Å². The van der Waals surface area contributed by atoms with Gasteiger partial charge in [-0.05, 0) is 30.1 Å². The fraction of sp³-hybridized carbons (Fsp3) is 0.550. The number of guanidine groups is 2. The van der Waals surface area contributed by atoms with Crippen LogP contribution >= 0.6 is 11.6 Å². The molecule has 13 nitrogen and oxygen atoms in total. The van der Waals surface area contributed by atoms with E-state index in [0.29, 0.717) is 12.8 Å². The fourth-order valence-corrected chi connectivity index (χ4v) is 3.77. The van der Waals surface area contributed by atoms with Crippen molar-refractivity contribution in [1.82, 2.24) is 4.59 Å². The van der Waals surface area contributed by atoms with E-state index in [1.807, 2.05) is 6.92 Å². The zero-order valence-electron chi connectivity index (χ0n) is 18.8. The van der Waals surface area contributed by atoms with Crippen LogP contribution < -0.4 is 21.8 Å². The Morgan fingerprint density at radius 1 is 1.21 bits per heavy atom. The van der Waals surface area contributed by atoms with Gasteiger partial charge in [-0.25, -0.2) is 10.2 Å². The van der Waals surface area contributed by atoms with Crippen molar-refractivity contribution in [1.29, 1.82) is 5.41 Å². The molecule has 0 heterocycles. The average Bonchev–Trinajstić information content (AvgIpc) is 2.78. The normalized spacial score (nSPS) is 17.6. The molecule has 0 spiro atoms. The third kappa shape index (κ3) is 6.13. The van der Waals surface area contributed by atoms with Crippen molar-refractivity contribution in [2.45, 2.75) is 56.5 Å². The van der Waals surface area contributed by atoms with Crippen molar-refractivity contribution in [2.24, 2.45) is 22.3 Å². The number of carboxylic acids is 1. The van der Waals surface area contributed by atoms with Gasteiger partial charge in [0.2, 0.25) is 11.6 Å². The molecule has 0 aromatic heterocycles. The van der Waals surface area contributed by atoms with Crippen molar-refractivity contribution in [2.75, 3.05) is 13.2 Å². The summed E-state index contributed by atoms with van der Waals surface area (Å²) in [5.41, 5.74) is 13.0. The van der Waals surface area contributed by atoms with Crippen molar-refractivity contribution in [3.8, 4) is 0 Å². The first-order valence-electron chi connectivity index (χ1n) is 10.5. The Morgan fingerprint density at radius 2 is 1.82 bits per heavy atom. The Kier molecular flexibility index (Phi) is 10.6. The summed E-state index contributed by atoms with van der Waals surface area (Å²) in [5.74, 6) is -3.15. The highest BCUT2D eigenvalue weighted by Crippen LogP contribution is 2.40. The standard InChI is InChI=1S/C20H33ClN6O7/c1-2-3-4-5-8-27(19(24)25,26-18(22)23)13-7-6-11(21)9-12(13)20(34,17(32)33)16(31)15(30)14(29)10-28/h6-7,9,14-16,28-31,34H,2-5,8,10H2,1H3,(H7-,22,23,24,25,26,32,33)/p+1/t14-,15-,16+,20+,27?/m1/s1. The molecular weight excluding hydrogens is 472 g/mol. The summed E-state index contributed by atoms with van der Waals surface area (Å²) in [6, 6.07) is 3.55. The zero-order chi connectivity index (χ0) is 26.3. The average molecular weight is 506 g/mol. The van der Waals surface area contributed by atoms with Crippen LogP contribution in [0.15, 0.2) is 23.3 Å². The van der Waals surface area contributed by atoms with E-state index in [9.17, 15) is 30.3 Å². The second kappa shape index (κ2) is 12.3. The number of benzene rings is 1. The third-order valence-electron chi connectivity index (χ3n) is 5.45. The van der Waals surface area contributed by atoms with Gasteiger partial charge in [-0.1, -0.05) is 36.0 Å². The highest BCUT2D eigenvalue weighted by atomic mass is 35.5. The Bertz CT molecular complexity index is 900. The molecule has 1 rings (SSSR count). The number of halogens is 1. The summed E-state index contributed by atoms with van der Waals surface area (Å²) in [6.45, 7) is 0.936. The number of carbonyl (C=O) groups is 1. The first-order valence-corrected chi connectivity index (χ1v) is 10.9. The third-order valence-corrected chi connectivity index (χ3v) is 5.68. The quantitative estimate of drug-likeness (QED) is 0.0495. The summed E-state index contributed by atoms with van der Waals surface area (Å²) in [5, 5.41) is 73.1. The predicted octanol–water partition coefficient (Wildman–Crippen LogP) is -1.34. The molecule has 1 unspecified atom stereocenters. The van der Waals surface area contributed by atoms with E-state index < -0.39 is 58.6 Å². The van der Waals surface area contributed by atoms with E-state index in [1.54, 1.807) is 0 Å². The van der Waals surface area contributed by atoms with Crippen molar-refractivity contribution >= 4 is 35.2 Å². The molecular formula is C20H34ClN6O7+. The number of nitrogens with one attached hydrogen (secondary N) is 1. The largest absolute Gasteiger partial charge is 0.479 e. The first kappa shape index (κ1) is 29.5. The van der Waals surface area contributed by atoms with Crippen LogP contribution in [-0.4, -0.2) is 80.0 Å². The summed E-state index contributed by atoms with van der Waals surface area (Å²) in [7, 11) is 0. The number of quaternary nitrogens is 1. The lowest BCUT2D eigenvalue weighted by Crippen LogP contribution is -2.60. The lowest BCUT2D eigenvalue weighted by molar-refractivity contribution is -0.194. The molecule has 1 aromatic carbocycles. The van der Waals surface area contributed by atoms with Crippen LogP contribution in [0.5, 0.6) is 0 Å². The van der Waals surface area contributed by atoms with E-state index in [-0.39, 0.29) is 17.3 Å². The summed E-state index contributed by atoms with van der Waals surface area (Å²) < 4.78 is -0.959. The van der Waals surface area contributed by atoms with Crippen LogP contribution in [0.2, 0.25) is 5.02 Å². The molecule has 0 radical (unpaired) electrons. The van der Waals surface area contributed by atoms with Crippen LogP contribution in [0.25, 0.3) is 0 Å². The maximum absolute atomic E-state index is 12.3. The van der Waals surface area contributed by atoms with Gasteiger partial charge in [0.25, 0.3) is 0 Å². The number of hydrogen-bond acceptors (Lipinski definition) is 8. The van der Waals surface area contributed by atoms with Crippen LogP contribution in [-0.2, 0) is 10.4 Å². The van der Waals surface area contributed by atoms with E-state index in [1.165, 1.54) is 12.1 Å². The van der Waals surface area contributed by atoms with Crippen LogP contribution in [0.1, 0.15) is 38.2 Å². The van der Waals surface area contributed by atoms with Gasteiger partial charge in [0.05, 0.1) is 12.2 Å². The molecule has 5 atom stereocenters. The molecule has 0 saturated carbocycles. The van der Waals surface area contributed by atoms with E-state index in [0.717, 1.165) is 18.9 Å². The lowest BCUT2D eigenvalue weighted by atomic mass is 9.82. The Hall–Kier alpha value is -2.52. The number of nitrogens with two attached hydrogens (primary N) is 3. The van der Waals surface area contributed by atoms with E-state index in [4.69, 9.17) is 39.3 Å². The zero-order valence-corrected chi connectivity index (χ0v) is 19.6. The number of carboxylic acid groups (broad SMARTS) is 1. The van der Waals surface area contributed by atoms with Gasteiger partial charge < -0.3 is 47.8 Å². The smallest absolute Gasteiger partial charge is 0.343 e. The molecule has 0 saturated heterocycles. The van der Waals surface area contributed by atoms with Crippen molar-refractivity contribution in [3.05, 3.63) is 28.8 Å². The number of rotatable bonds is 13. The second-order valence-electron chi connectivity index (χ2n) is 7.88. The molecule has 0 bridgehead atoms. The van der Waals surface area contributed by atoms with Crippen LogP contribution in [0.4, 0.5) is 5.69 Å². The monoisotopic (exact) mass is 505 g/mol. The molecule has 0 amide bonds. The number of nitrogens with zero attached hydrogens (tertiary/aromatic N) is 2. The van der Waals surface area contributed by atoms with Crippen molar-refractivity contribution in [3.63, 3.8) is 0 Å². The van der Waals surface area contributed by atoms with E-state index >= 15 is 0 Å². The molecule has 0 aliphatic rings. The summed E-state index contributed by atoms with van der Waals surface area (Å²) in [4.78, 5) is 12.3. The summed E-state index contributed by atoms with van der Waals surface area (Å²) >= 11 is 6.07. The Morgan fingerprint density at radius 3 is 2.29 bits per heavy atom. The van der Waals surface area contributed by atoms with Gasteiger partial charge in [0, 0.05) is 11.1 Å². The van der Waals surface area contributed by atoms with Gasteiger partial charge in [-0.2, -0.15) is 0 Å². The number of aliphatic hydroxyl groups excluding tert-OH is 4. The Labute approximate surface area is 201 Å². The SMILES string of the molecule is CCCCCC[N+](N=C(N)N)(C(=N)N)c1ccc(Cl)cc1[C@@](O)(C(=O)O)[C@@H](O)[C@H](O)[C@H](O)CO. The van der Waals surface area contributed by atoms with Gasteiger partial charge in [0.15, 0.2) is 5.69 Å². The molecule has 192 valence electrons. The first-order chi connectivity index (χ1) is 15.8. The van der Waals surface area contributed by atoms with Crippen molar-refractivity contribution < 1.29 is 35.4 Å². The molecule has 1 aromatic rings. The predicted molar refractivity (Wildman–Crippen MR) is 127 cm³/mol. The number of aliphatic carboxylic acids is 1. The highest BCUT2D eigenvalue weighted by Gasteiger charge is 2.55. The van der Waals surface area contributed by atoms with Gasteiger partial charge in [-0.3, -0.25) is 0 Å². The number of aliphatic hydroxyl groups is 5. The maximum atomic E-state index is 12.3. The molecule has 13 N–H and O–H groups in total. The number of hydrogen-bond donors (Lipinski definition) is 10. The number of unbranched alkanes of at least 4 members (excludes halogenated alkanes) is 3. The minimum atomic E-state index is -3.29. The molecule has 0 aliphatic carbocycles. The fourth-order valence-electron chi connectivity index (χ4n) is 3.60. The highest BCUT2D eigenvalue weighted by molar-refractivity contribution is 6.30.